The molecule has 148 valence electrons. The number of morpholine rings is 1. The third-order valence-corrected chi connectivity index (χ3v) is 5.37. The molecule has 1 aromatic carbocycles. The average molecular weight is 383 g/mol. The zero-order valence-corrected chi connectivity index (χ0v) is 16.1. The van der Waals surface area contributed by atoms with Crippen LogP contribution in [-0.2, 0) is 9.53 Å². The summed E-state index contributed by atoms with van der Waals surface area (Å²) in [5, 5.41) is 12.1. The van der Waals surface area contributed by atoms with Crippen LogP contribution in [0.4, 0.5) is 10.5 Å². The maximum Gasteiger partial charge on any atom is 0.321 e. The zero-order valence-electron chi connectivity index (χ0n) is 16.1. The molecular weight excluding hydrogens is 358 g/mol. The highest BCUT2D eigenvalue weighted by atomic mass is 16.5. The highest BCUT2D eigenvalue weighted by Crippen LogP contribution is 2.24. The molecule has 3 amide bonds. The van der Waals surface area contributed by atoms with Gasteiger partial charge in [0.15, 0.2) is 0 Å². The van der Waals surface area contributed by atoms with Crippen LogP contribution in [0.5, 0.6) is 0 Å². The van der Waals surface area contributed by atoms with Crippen molar-refractivity contribution in [1.82, 2.24) is 20.0 Å². The molecule has 3 heterocycles. The van der Waals surface area contributed by atoms with Gasteiger partial charge in [-0.1, -0.05) is 6.07 Å². The Bertz CT molecular complexity index is 881. The topological polar surface area (TPSA) is 87.7 Å². The number of carbonyl (C=O) groups excluding carboxylic acids is 2. The molecule has 0 radical (unpaired) electrons. The molecule has 2 aliphatic heterocycles. The van der Waals surface area contributed by atoms with Gasteiger partial charge < -0.3 is 19.9 Å². The second kappa shape index (κ2) is 8.10. The van der Waals surface area contributed by atoms with E-state index in [0.717, 1.165) is 29.4 Å². The van der Waals surface area contributed by atoms with Gasteiger partial charge in [-0.05, 0) is 38.0 Å². The standard InChI is InChI=1S/C20H25N5O3/c1-14-12-16-17(5-2-6-18(16)23-22-14)21-20(27)25-7-3-4-15(13-25)19(26)24-8-10-28-11-9-24/h2,5-6,12,15H,3-4,7-11,13H2,1H3,(H,21,27). The monoisotopic (exact) mass is 383 g/mol. The Kier molecular flexibility index (Phi) is 5.38. The van der Waals surface area contributed by atoms with E-state index < -0.39 is 0 Å². The van der Waals surface area contributed by atoms with Crippen molar-refractivity contribution in [2.45, 2.75) is 19.8 Å². The van der Waals surface area contributed by atoms with Crippen LogP contribution in [0.1, 0.15) is 18.5 Å². The largest absolute Gasteiger partial charge is 0.378 e. The van der Waals surface area contributed by atoms with E-state index in [2.05, 4.69) is 15.5 Å². The Labute approximate surface area is 163 Å². The van der Waals surface area contributed by atoms with Crippen molar-refractivity contribution >= 4 is 28.5 Å². The molecule has 1 aromatic heterocycles. The van der Waals surface area contributed by atoms with E-state index in [1.54, 1.807) is 4.90 Å². The van der Waals surface area contributed by atoms with E-state index in [1.165, 1.54) is 0 Å². The number of benzene rings is 1. The van der Waals surface area contributed by atoms with Gasteiger partial charge in [0.1, 0.15) is 0 Å². The number of anilines is 1. The van der Waals surface area contributed by atoms with E-state index in [1.807, 2.05) is 36.1 Å². The molecule has 1 unspecified atom stereocenters. The molecule has 2 aliphatic rings. The van der Waals surface area contributed by atoms with Gasteiger partial charge in [-0.25, -0.2) is 4.79 Å². The molecule has 8 heteroatoms. The number of hydrogen-bond acceptors (Lipinski definition) is 5. The quantitative estimate of drug-likeness (QED) is 0.857. The van der Waals surface area contributed by atoms with E-state index in [-0.39, 0.29) is 17.9 Å². The number of rotatable bonds is 2. The number of likely N-dealkylation sites (tertiary alicyclic amines) is 1. The summed E-state index contributed by atoms with van der Waals surface area (Å²) in [7, 11) is 0. The predicted molar refractivity (Wildman–Crippen MR) is 105 cm³/mol. The predicted octanol–water partition coefficient (Wildman–Crippen LogP) is 2.04. The maximum absolute atomic E-state index is 12.9. The Morgan fingerprint density at radius 2 is 1.96 bits per heavy atom. The summed E-state index contributed by atoms with van der Waals surface area (Å²) in [6.07, 6.45) is 1.65. The van der Waals surface area contributed by atoms with Crippen molar-refractivity contribution in [3.63, 3.8) is 0 Å². The summed E-state index contributed by atoms with van der Waals surface area (Å²) < 4.78 is 5.33. The van der Waals surface area contributed by atoms with Crippen LogP contribution >= 0.6 is 0 Å². The molecular formula is C20H25N5O3. The number of aromatic nitrogens is 2. The normalized spacial score (nSPS) is 20.2. The van der Waals surface area contributed by atoms with E-state index >= 15 is 0 Å². The molecule has 28 heavy (non-hydrogen) atoms. The van der Waals surface area contributed by atoms with Gasteiger partial charge in [-0.2, -0.15) is 10.2 Å². The third-order valence-electron chi connectivity index (χ3n) is 5.37. The van der Waals surface area contributed by atoms with Crippen LogP contribution in [-0.4, -0.2) is 71.3 Å². The van der Waals surface area contributed by atoms with Crippen LogP contribution in [0.2, 0.25) is 0 Å². The average Bonchev–Trinajstić information content (AvgIpc) is 2.74. The number of amides is 3. The van der Waals surface area contributed by atoms with Gasteiger partial charge >= 0.3 is 6.03 Å². The number of nitrogens with one attached hydrogen (secondary N) is 1. The number of urea groups is 1. The maximum atomic E-state index is 12.9. The molecule has 0 saturated carbocycles. The van der Waals surface area contributed by atoms with Gasteiger partial charge in [-0.3, -0.25) is 4.79 Å². The molecule has 0 bridgehead atoms. The molecule has 0 aliphatic carbocycles. The van der Waals surface area contributed by atoms with Crippen LogP contribution < -0.4 is 5.32 Å². The number of fused-ring (bicyclic) bond motifs is 1. The first kappa shape index (κ1) is 18.6. The highest BCUT2D eigenvalue weighted by Gasteiger charge is 2.32. The third kappa shape index (κ3) is 3.91. The van der Waals surface area contributed by atoms with E-state index in [9.17, 15) is 9.59 Å². The number of carbonyl (C=O) groups is 2. The summed E-state index contributed by atoms with van der Waals surface area (Å²) >= 11 is 0. The van der Waals surface area contributed by atoms with Crippen molar-refractivity contribution in [2.24, 2.45) is 5.92 Å². The second-order valence-electron chi connectivity index (χ2n) is 7.38. The van der Waals surface area contributed by atoms with Gasteiger partial charge in [0, 0.05) is 31.6 Å². The Morgan fingerprint density at radius 1 is 1.14 bits per heavy atom. The number of hydrogen-bond donors (Lipinski definition) is 1. The molecule has 4 rings (SSSR count). The molecule has 1 N–H and O–H groups in total. The van der Waals surface area contributed by atoms with Crippen molar-refractivity contribution < 1.29 is 14.3 Å². The van der Waals surface area contributed by atoms with Gasteiger partial charge in [-0.15, -0.1) is 0 Å². The van der Waals surface area contributed by atoms with Crippen LogP contribution in [0.15, 0.2) is 24.3 Å². The Hall–Kier alpha value is -2.74. The minimum atomic E-state index is -0.179. The fourth-order valence-electron chi connectivity index (χ4n) is 3.87. The SMILES string of the molecule is Cc1cc2c(NC(=O)N3CCCC(C(=O)N4CCOCC4)C3)cccc2nn1. The lowest BCUT2D eigenvalue weighted by Gasteiger charge is -2.36. The second-order valence-corrected chi connectivity index (χ2v) is 7.38. The van der Waals surface area contributed by atoms with Gasteiger partial charge in [0.05, 0.1) is 36.0 Å². The molecule has 0 spiro atoms. The lowest BCUT2D eigenvalue weighted by molar-refractivity contribution is -0.141. The van der Waals surface area contributed by atoms with Crippen LogP contribution in [0.25, 0.3) is 10.9 Å². The number of nitrogens with zero attached hydrogens (tertiary/aromatic N) is 4. The summed E-state index contributed by atoms with van der Waals surface area (Å²) in [6, 6.07) is 7.32. The first-order valence-corrected chi connectivity index (χ1v) is 9.77. The first-order chi connectivity index (χ1) is 13.6. The lowest BCUT2D eigenvalue weighted by atomic mass is 9.96. The highest BCUT2D eigenvalue weighted by molar-refractivity contribution is 6.00. The number of piperidine rings is 1. The van der Waals surface area contributed by atoms with Crippen LogP contribution in [0, 0.1) is 12.8 Å². The summed E-state index contributed by atoms with van der Waals surface area (Å²) in [4.78, 5) is 29.3. The summed E-state index contributed by atoms with van der Waals surface area (Å²) in [5.74, 6) is -0.00455. The lowest BCUT2D eigenvalue weighted by Crippen LogP contribution is -2.50. The number of ether oxygens (including phenoxy) is 1. The minimum absolute atomic E-state index is 0.136. The number of aryl methyl sites for hydroxylation is 1. The first-order valence-electron chi connectivity index (χ1n) is 9.77. The zero-order chi connectivity index (χ0) is 19.5. The summed E-state index contributed by atoms with van der Waals surface area (Å²) in [6.45, 7) is 5.43. The fourth-order valence-corrected chi connectivity index (χ4v) is 3.87. The van der Waals surface area contributed by atoms with Gasteiger partial charge in [0.25, 0.3) is 0 Å². The van der Waals surface area contributed by atoms with E-state index in [0.29, 0.717) is 45.1 Å². The fraction of sp³-hybridized carbons (Fsp3) is 0.500. The smallest absolute Gasteiger partial charge is 0.321 e. The molecule has 2 saturated heterocycles. The van der Waals surface area contributed by atoms with Crippen molar-refractivity contribution in [3.05, 3.63) is 30.0 Å². The van der Waals surface area contributed by atoms with Crippen molar-refractivity contribution in [3.8, 4) is 0 Å². The molecule has 8 nitrogen and oxygen atoms in total. The minimum Gasteiger partial charge on any atom is -0.378 e. The molecule has 2 fully saturated rings. The van der Waals surface area contributed by atoms with Crippen molar-refractivity contribution in [2.75, 3.05) is 44.7 Å². The van der Waals surface area contributed by atoms with Gasteiger partial charge in [0.2, 0.25) is 5.91 Å². The molecule has 2 aromatic rings. The van der Waals surface area contributed by atoms with Crippen molar-refractivity contribution in [1.29, 1.82) is 0 Å². The Balaban J connectivity index is 1.45. The Morgan fingerprint density at radius 3 is 2.79 bits per heavy atom. The van der Waals surface area contributed by atoms with E-state index in [4.69, 9.17) is 4.74 Å². The summed E-state index contributed by atoms with van der Waals surface area (Å²) in [5.41, 5.74) is 2.24. The van der Waals surface area contributed by atoms with Crippen LogP contribution in [0.3, 0.4) is 0 Å². The molecule has 1 atom stereocenters.